The molecule has 0 unspecified atom stereocenters. The van der Waals surface area contributed by atoms with Gasteiger partial charge in [-0.3, -0.25) is 0 Å². The van der Waals surface area contributed by atoms with Gasteiger partial charge in [-0.2, -0.15) is 5.10 Å². The van der Waals surface area contributed by atoms with Crippen molar-refractivity contribution in [2.24, 2.45) is 0 Å². The third-order valence-electron chi connectivity index (χ3n) is 5.71. The standard InChI is InChI=1S/C23H25FN2O2/c1-15-3-7-18(8-4-15)26-21(17-6-5-16(2)20(24)13-17)14-22(25-26)23(28)11-9-19(27)10-12-23/h3-8,13-14,19,27-28H,9-12H2,1-2H3. The van der Waals surface area contributed by atoms with Crippen LogP contribution in [0.15, 0.2) is 48.5 Å². The van der Waals surface area contributed by atoms with Crippen molar-refractivity contribution in [3.63, 3.8) is 0 Å². The summed E-state index contributed by atoms with van der Waals surface area (Å²) >= 11 is 0. The van der Waals surface area contributed by atoms with Crippen LogP contribution in [0.2, 0.25) is 0 Å². The van der Waals surface area contributed by atoms with Gasteiger partial charge in [0.05, 0.1) is 23.2 Å². The van der Waals surface area contributed by atoms with Crippen molar-refractivity contribution in [1.29, 1.82) is 0 Å². The molecule has 0 atom stereocenters. The zero-order chi connectivity index (χ0) is 19.9. The van der Waals surface area contributed by atoms with Crippen LogP contribution in [-0.4, -0.2) is 26.1 Å². The van der Waals surface area contributed by atoms with Crippen LogP contribution in [0, 0.1) is 19.7 Å². The molecule has 3 aromatic rings. The quantitative estimate of drug-likeness (QED) is 0.707. The second-order valence-corrected chi connectivity index (χ2v) is 7.89. The Morgan fingerprint density at radius 2 is 1.71 bits per heavy atom. The Labute approximate surface area is 164 Å². The van der Waals surface area contributed by atoms with E-state index in [1.807, 2.05) is 43.3 Å². The SMILES string of the molecule is Cc1ccc(-n2nc(C3(O)CCC(O)CC3)cc2-c2ccc(C)c(F)c2)cc1. The molecule has 1 aliphatic carbocycles. The molecule has 0 spiro atoms. The maximum Gasteiger partial charge on any atom is 0.126 e. The van der Waals surface area contributed by atoms with Gasteiger partial charge in [-0.25, -0.2) is 9.07 Å². The second kappa shape index (κ2) is 7.15. The first-order valence-electron chi connectivity index (χ1n) is 9.70. The third kappa shape index (κ3) is 3.48. The fourth-order valence-electron chi connectivity index (χ4n) is 3.79. The van der Waals surface area contributed by atoms with E-state index >= 15 is 0 Å². The lowest BCUT2D eigenvalue weighted by Crippen LogP contribution is -2.33. The molecule has 2 aromatic carbocycles. The number of hydrogen-bond acceptors (Lipinski definition) is 3. The lowest BCUT2D eigenvalue weighted by atomic mass is 9.81. The largest absolute Gasteiger partial charge is 0.393 e. The fourth-order valence-corrected chi connectivity index (χ4v) is 3.79. The molecule has 1 aromatic heterocycles. The molecule has 4 nitrogen and oxygen atoms in total. The number of aromatic nitrogens is 2. The van der Waals surface area contributed by atoms with Crippen LogP contribution in [0.3, 0.4) is 0 Å². The minimum absolute atomic E-state index is 0.268. The maximum absolute atomic E-state index is 14.2. The first-order chi connectivity index (χ1) is 13.4. The van der Waals surface area contributed by atoms with Gasteiger partial charge in [-0.05, 0) is 69.4 Å². The summed E-state index contributed by atoms with van der Waals surface area (Å²) in [5, 5.41) is 25.7. The van der Waals surface area contributed by atoms with E-state index in [2.05, 4.69) is 0 Å². The van der Waals surface area contributed by atoms with E-state index < -0.39 is 5.60 Å². The van der Waals surface area contributed by atoms with Crippen LogP contribution in [0.5, 0.6) is 0 Å². The second-order valence-electron chi connectivity index (χ2n) is 7.89. The maximum atomic E-state index is 14.2. The Morgan fingerprint density at radius 3 is 2.36 bits per heavy atom. The number of benzene rings is 2. The average molecular weight is 380 g/mol. The predicted molar refractivity (Wildman–Crippen MR) is 107 cm³/mol. The van der Waals surface area contributed by atoms with Crippen LogP contribution in [0.1, 0.15) is 42.5 Å². The predicted octanol–water partition coefficient (Wildman–Crippen LogP) is 4.42. The molecule has 1 aliphatic rings. The topological polar surface area (TPSA) is 58.3 Å². The fraction of sp³-hybridized carbons (Fsp3) is 0.348. The molecule has 1 fully saturated rings. The number of aryl methyl sites for hydroxylation is 2. The molecular formula is C23H25FN2O2. The van der Waals surface area contributed by atoms with Crippen LogP contribution in [0.25, 0.3) is 16.9 Å². The van der Waals surface area contributed by atoms with Gasteiger partial charge in [0, 0.05) is 5.56 Å². The molecule has 0 radical (unpaired) electrons. The average Bonchev–Trinajstić information content (AvgIpc) is 3.13. The Hall–Kier alpha value is -2.50. The molecule has 1 saturated carbocycles. The van der Waals surface area contributed by atoms with E-state index in [4.69, 9.17) is 5.10 Å². The van der Waals surface area contributed by atoms with Gasteiger partial charge >= 0.3 is 0 Å². The molecule has 2 N–H and O–H groups in total. The molecule has 0 aliphatic heterocycles. The summed E-state index contributed by atoms with van der Waals surface area (Å²) in [7, 11) is 0. The Balaban J connectivity index is 1.84. The summed E-state index contributed by atoms with van der Waals surface area (Å²) in [6.07, 6.45) is 1.64. The summed E-state index contributed by atoms with van der Waals surface area (Å²) in [5.41, 5.74) is 3.51. The summed E-state index contributed by atoms with van der Waals surface area (Å²) in [6.45, 7) is 3.75. The zero-order valence-electron chi connectivity index (χ0n) is 16.2. The van der Waals surface area contributed by atoms with E-state index in [9.17, 15) is 14.6 Å². The van der Waals surface area contributed by atoms with Gasteiger partial charge in [0.25, 0.3) is 0 Å². The number of rotatable bonds is 3. The highest BCUT2D eigenvalue weighted by molar-refractivity contribution is 5.63. The van der Waals surface area contributed by atoms with Crippen molar-refractivity contribution < 1.29 is 14.6 Å². The highest BCUT2D eigenvalue weighted by Crippen LogP contribution is 2.38. The number of aliphatic hydroxyl groups is 2. The van der Waals surface area contributed by atoms with Crippen LogP contribution in [0.4, 0.5) is 4.39 Å². The van der Waals surface area contributed by atoms with Crippen molar-refractivity contribution in [2.45, 2.75) is 51.2 Å². The summed E-state index contributed by atoms with van der Waals surface area (Å²) < 4.78 is 16.0. The molecule has 5 heteroatoms. The first-order valence-corrected chi connectivity index (χ1v) is 9.70. The lowest BCUT2D eigenvalue weighted by molar-refractivity contribution is -0.0393. The van der Waals surface area contributed by atoms with Crippen molar-refractivity contribution in [1.82, 2.24) is 9.78 Å². The Bertz CT molecular complexity index is 986. The summed E-state index contributed by atoms with van der Waals surface area (Å²) in [4.78, 5) is 0. The minimum atomic E-state index is -1.08. The number of nitrogens with zero attached hydrogens (tertiary/aromatic N) is 2. The van der Waals surface area contributed by atoms with E-state index in [-0.39, 0.29) is 11.9 Å². The van der Waals surface area contributed by atoms with Crippen molar-refractivity contribution in [3.05, 3.63) is 71.2 Å². The highest BCUT2D eigenvalue weighted by Gasteiger charge is 2.37. The zero-order valence-corrected chi connectivity index (χ0v) is 16.2. The minimum Gasteiger partial charge on any atom is -0.393 e. The molecule has 0 bridgehead atoms. The normalized spacial score (nSPS) is 22.4. The van der Waals surface area contributed by atoms with Crippen LogP contribution in [-0.2, 0) is 5.60 Å². The lowest BCUT2D eigenvalue weighted by Gasteiger charge is -2.32. The van der Waals surface area contributed by atoms with E-state index in [1.54, 1.807) is 17.7 Å². The molecular weight excluding hydrogens is 355 g/mol. The van der Waals surface area contributed by atoms with E-state index in [0.29, 0.717) is 42.5 Å². The molecule has 1 heterocycles. The van der Waals surface area contributed by atoms with Crippen molar-refractivity contribution in [2.75, 3.05) is 0 Å². The van der Waals surface area contributed by atoms with Crippen molar-refractivity contribution >= 4 is 0 Å². The third-order valence-corrected chi connectivity index (χ3v) is 5.71. The van der Waals surface area contributed by atoms with Gasteiger partial charge in [0.2, 0.25) is 0 Å². The number of halogens is 1. The van der Waals surface area contributed by atoms with Gasteiger partial charge in [0.1, 0.15) is 11.4 Å². The number of aliphatic hydroxyl groups excluding tert-OH is 1. The van der Waals surface area contributed by atoms with E-state index in [0.717, 1.165) is 16.9 Å². The van der Waals surface area contributed by atoms with Crippen LogP contribution < -0.4 is 0 Å². The van der Waals surface area contributed by atoms with Crippen LogP contribution >= 0.6 is 0 Å². The summed E-state index contributed by atoms with van der Waals surface area (Å²) in [5.74, 6) is -0.268. The first kappa shape index (κ1) is 18.8. The smallest absolute Gasteiger partial charge is 0.126 e. The monoisotopic (exact) mass is 380 g/mol. The van der Waals surface area contributed by atoms with Gasteiger partial charge in [-0.15, -0.1) is 0 Å². The Morgan fingerprint density at radius 1 is 1.04 bits per heavy atom. The molecule has 28 heavy (non-hydrogen) atoms. The van der Waals surface area contributed by atoms with Gasteiger partial charge < -0.3 is 10.2 Å². The Kier molecular flexibility index (Phi) is 4.81. The van der Waals surface area contributed by atoms with Gasteiger partial charge in [0.15, 0.2) is 0 Å². The molecule has 4 rings (SSSR count). The van der Waals surface area contributed by atoms with E-state index in [1.165, 1.54) is 6.07 Å². The van der Waals surface area contributed by atoms with Crippen molar-refractivity contribution in [3.8, 4) is 16.9 Å². The van der Waals surface area contributed by atoms with Gasteiger partial charge in [-0.1, -0.05) is 29.8 Å². The highest BCUT2D eigenvalue weighted by atomic mass is 19.1. The molecule has 0 amide bonds. The molecule has 146 valence electrons. The summed E-state index contributed by atoms with van der Waals surface area (Å²) in [6, 6.07) is 14.9. The number of hydrogen-bond donors (Lipinski definition) is 2. The molecule has 0 saturated heterocycles.